The van der Waals surface area contributed by atoms with E-state index in [2.05, 4.69) is 15.2 Å². The van der Waals surface area contributed by atoms with Crippen molar-refractivity contribution in [2.24, 2.45) is 0 Å². The highest BCUT2D eigenvalue weighted by Crippen LogP contribution is 2.08. The molecule has 1 aliphatic heterocycles. The van der Waals surface area contributed by atoms with Crippen molar-refractivity contribution in [2.75, 3.05) is 33.3 Å². The van der Waals surface area contributed by atoms with Gasteiger partial charge in [-0.25, -0.2) is 4.98 Å². The second-order valence-corrected chi connectivity index (χ2v) is 4.39. The molecule has 0 atom stereocenters. The fourth-order valence-electron chi connectivity index (χ4n) is 2.10. The van der Waals surface area contributed by atoms with Gasteiger partial charge in [-0.15, -0.1) is 0 Å². The van der Waals surface area contributed by atoms with E-state index in [1.54, 1.807) is 18.3 Å². The maximum atomic E-state index is 11.9. The molecule has 1 saturated heterocycles. The van der Waals surface area contributed by atoms with Crippen LogP contribution in [0.25, 0.3) is 0 Å². The fourth-order valence-corrected chi connectivity index (χ4v) is 2.10. The number of likely N-dealkylation sites (tertiary alicyclic amines) is 1. The molecule has 1 amide bonds. The van der Waals surface area contributed by atoms with Gasteiger partial charge < -0.3 is 15.0 Å². The quantitative estimate of drug-likeness (QED) is 0.843. The molecule has 98 valence electrons. The molecule has 5 heteroatoms. The van der Waals surface area contributed by atoms with Crippen molar-refractivity contribution >= 4 is 5.91 Å². The first-order valence-electron chi connectivity index (χ1n) is 6.30. The van der Waals surface area contributed by atoms with Crippen LogP contribution in [0.3, 0.4) is 0 Å². The summed E-state index contributed by atoms with van der Waals surface area (Å²) in [6.45, 7) is 3.91. The number of carbonyl (C=O) groups is 1. The average molecular weight is 249 g/mol. The monoisotopic (exact) mass is 249 g/mol. The Morgan fingerprint density at radius 1 is 1.50 bits per heavy atom. The molecule has 0 aliphatic carbocycles. The van der Waals surface area contributed by atoms with Crippen LogP contribution in [0.4, 0.5) is 0 Å². The van der Waals surface area contributed by atoms with Crippen molar-refractivity contribution in [3.63, 3.8) is 0 Å². The van der Waals surface area contributed by atoms with Gasteiger partial charge in [0.2, 0.25) is 5.88 Å². The summed E-state index contributed by atoms with van der Waals surface area (Å²) in [7, 11) is 1.54. The summed E-state index contributed by atoms with van der Waals surface area (Å²) >= 11 is 0. The van der Waals surface area contributed by atoms with Crippen LogP contribution in [0.2, 0.25) is 0 Å². The summed E-state index contributed by atoms with van der Waals surface area (Å²) in [5, 5.41) is 2.91. The van der Waals surface area contributed by atoms with Gasteiger partial charge in [-0.3, -0.25) is 4.79 Å². The number of amides is 1. The molecular formula is C13H19N3O2. The smallest absolute Gasteiger partial charge is 0.251 e. The largest absolute Gasteiger partial charge is 0.481 e. The molecule has 1 fully saturated rings. The summed E-state index contributed by atoms with van der Waals surface area (Å²) in [6.07, 6.45) is 4.12. The van der Waals surface area contributed by atoms with Crippen molar-refractivity contribution in [3.8, 4) is 5.88 Å². The number of aromatic nitrogens is 1. The number of hydrogen-bond acceptors (Lipinski definition) is 4. The molecule has 1 aliphatic rings. The first kappa shape index (κ1) is 12.8. The van der Waals surface area contributed by atoms with E-state index in [-0.39, 0.29) is 5.91 Å². The molecule has 1 aromatic rings. The van der Waals surface area contributed by atoms with Crippen LogP contribution < -0.4 is 10.1 Å². The summed E-state index contributed by atoms with van der Waals surface area (Å²) in [4.78, 5) is 18.2. The predicted molar refractivity (Wildman–Crippen MR) is 68.8 cm³/mol. The molecule has 2 heterocycles. The fraction of sp³-hybridized carbons (Fsp3) is 0.538. The lowest BCUT2D eigenvalue weighted by Crippen LogP contribution is -2.33. The number of carbonyl (C=O) groups excluding carboxylic acids is 1. The Balaban J connectivity index is 1.79. The number of pyridine rings is 1. The van der Waals surface area contributed by atoms with Crippen molar-refractivity contribution in [2.45, 2.75) is 12.8 Å². The molecule has 0 saturated carbocycles. The van der Waals surface area contributed by atoms with E-state index in [9.17, 15) is 4.79 Å². The van der Waals surface area contributed by atoms with Crippen molar-refractivity contribution in [1.82, 2.24) is 15.2 Å². The summed E-state index contributed by atoms with van der Waals surface area (Å²) in [5.74, 6) is 0.386. The average Bonchev–Trinajstić information content (AvgIpc) is 2.92. The molecular weight excluding hydrogens is 230 g/mol. The van der Waals surface area contributed by atoms with Gasteiger partial charge in [-0.1, -0.05) is 0 Å². The SMILES string of the molecule is COc1cc(C(=O)NCCN2CCCC2)ccn1. The van der Waals surface area contributed by atoms with Gasteiger partial charge in [0.15, 0.2) is 0 Å². The zero-order chi connectivity index (χ0) is 12.8. The first-order valence-corrected chi connectivity index (χ1v) is 6.30. The van der Waals surface area contributed by atoms with Gasteiger partial charge in [-0.2, -0.15) is 0 Å². The zero-order valence-corrected chi connectivity index (χ0v) is 10.7. The second kappa shape index (κ2) is 6.35. The highest BCUT2D eigenvalue weighted by molar-refractivity contribution is 5.94. The van der Waals surface area contributed by atoms with E-state index in [1.807, 2.05) is 0 Å². The van der Waals surface area contributed by atoms with Crippen LogP contribution in [0.5, 0.6) is 5.88 Å². The normalized spacial score (nSPS) is 15.6. The molecule has 5 nitrogen and oxygen atoms in total. The molecule has 0 spiro atoms. The Labute approximate surface area is 107 Å². The van der Waals surface area contributed by atoms with E-state index in [0.29, 0.717) is 18.0 Å². The molecule has 0 radical (unpaired) electrons. The van der Waals surface area contributed by atoms with Gasteiger partial charge in [0.05, 0.1) is 7.11 Å². The highest BCUT2D eigenvalue weighted by Gasteiger charge is 2.12. The molecule has 2 rings (SSSR count). The lowest BCUT2D eigenvalue weighted by atomic mass is 10.2. The van der Waals surface area contributed by atoms with Crippen LogP contribution in [0.15, 0.2) is 18.3 Å². The van der Waals surface area contributed by atoms with Crippen LogP contribution in [0.1, 0.15) is 23.2 Å². The number of hydrogen-bond donors (Lipinski definition) is 1. The lowest BCUT2D eigenvalue weighted by Gasteiger charge is -2.14. The van der Waals surface area contributed by atoms with Gasteiger partial charge >= 0.3 is 0 Å². The van der Waals surface area contributed by atoms with Crippen LogP contribution >= 0.6 is 0 Å². The van der Waals surface area contributed by atoms with E-state index in [1.165, 1.54) is 20.0 Å². The Kier molecular flexibility index (Phi) is 4.52. The molecule has 1 aromatic heterocycles. The maximum Gasteiger partial charge on any atom is 0.251 e. The number of ether oxygens (including phenoxy) is 1. The molecule has 18 heavy (non-hydrogen) atoms. The minimum Gasteiger partial charge on any atom is -0.481 e. The Morgan fingerprint density at radius 2 is 2.28 bits per heavy atom. The van der Waals surface area contributed by atoms with E-state index in [0.717, 1.165) is 19.6 Å². The highest BCUT2D eigenvalue weighted by atomic mass is 16.5. The third-order valence-corrected chi connectivity index (χ3v) is 3.12. The molecule has 1 N–H and O–H groups in total. The zero-order valence-electron chi connectivity index (χ0n) is 10.7. The number of rotatable bonds is 5. The van der Waals surface area contributed by atoms with E-state index < -0.39 is 0 Å². The summed E-state index contributed by atoms with van der Waals surface area (Å²) in [6, 6.07) is 3.33. The third-order valence-electron chi connectivity index (χ3n) is 3.12. The number of nitrogens with one attached hydrogen (secondary N) is 1. The summed E-state index contributed by atoms with van der Waals surface area (Å²) < 4.78 is 4.99. The summed E-state index contributed by atoms with van der Waals surface area (Å²) in [5.41, 5.74) is 0.586. The van der Waals surface area contributed by atoms with Crippen LogP contribution in [0, 0.1) is 0 Å². The third kappa shape index (κ3) is 3.43. The van der Waals surface area contributed by atoms with E-state index in [4.69, 9.17) is 4.74 Å². The van der Waals surface area contributed by atoms with Crippen LogP contribution in [-0.2, 0) is 0 Å². The predicted octanol–water partition coefficient (Wildman–Crippen LogP) is 0.916. The minimum atomic E-state index is -0.0742. The van der Waals surface area contributed by atoms with Gasteiger partial charge in [0.1, 0.15) is 0 Å². The number of methoxy groups -OCH3 is 1. The Morgan fingerprint density at radius 3 is 3.00 bits per heavy atom. The lowest BCUT2D eigenvalue weighted by molar-refractivity contribution is 0.0949. The molecule has 0 unspecified atom stereocenters. The second-order valence-electron chi connectivity index (χ2n) is 4.39. The minimum absolute atomic E-state index is 0.0742. The maximum absolute atomic E-state index is 11.9. The first-order chi connectivity index (χ1) is 8.79. The Hall–Kier alpha value is -1.62. The topological polar surface area (TPSA) is 54.5 Å². The van der Waals surface area contributed by atoms with Crippen molar-refractivity contribution in [1.29, 1.82) is 0 Å². The van der Waals surface area contributed by atoms with Crippen LogP contribution in [-0.4, -0.2) is 49.1 Å². The standard InChI is InChI=1S/C13H19N3O2/c1-18-12-10-11(4-5-14-12)13(17)15-6-9-16-7-2-3-8-16/h4-5,10H,2-3,6-9H2,1H3,(H,15,17). The Bertz CT molecular complexity index is 403. The number of nitrogens with zero attached hydrogens (tertiary/aromatic N) is 2. The van der Waals surface area contributed by atoms with Gasteiger partial charge in [0.25, 0.3) is 5.91 Å². The van der Waals surface area contributed by atoms with Gasteiger partial charge in [-0.05, 0) is 32.0 Å². The van der Waals surface area contributed by atoms with Crippen molar-refractivity contribution < 1.29 is 9.53 Å². The molecule has 0 bridgehead atoms. The van der Waals surface area contributed by atoms with Gasteiger partial charge in [0, 0.05) is 30.9 Å². The van der Waals surface area contributed by atoms with Crippen molar-refractivity contribution in [3.05, 3.63) is 23.9 Å². The molecule has 0 aromatic carbocycles. The van der Waals surface area contributed by atoms with E-state index >= 15 is 0 Å².